The molecular formula is C23H34IN3O3. The second-order valence-electron chi connectivity index (χ2n) is 9.01. The zero-order valence-electron chi connectivity index (χ0n) is 18.2. The van der Waals surface area contributed by atoms with E-state index < -0.39 is 0 Å². The topological polar surface area (TPSA) is 64.1 Å². The molecule has 166 valence electrons. The third kappa shape index (κ3) is 3.55. The van der Waals surface area contributed by atoms with Gasteiger partial charge in [-0.3, -0.25) is 4.99 Å². The lowest BCUT2D eigenvalue weighted by molar-refractivity contribution is -0.171. The van der Waals surface area contributed by atoms with Crippen LogP contribution in [0.3, 0.4) is 0 Å². The maximum absolute atomic E-state index is 6.05. The number of hydrogen-bond donors (Lipinski definition) is 2. The number of halogens is 1. The van der Waals surface area contributed by atoms with Crippen molar-refractivity contribution in [2.45, 2.75) is 70.7 Å². The lowest BCUT2D eigenvalue weighted by atomic mass is 9.46. The van der Waals surface area contributed by atoms with Crippen LogP contribution in [0.1, 0.15) is 50.7 Å². The van der Waals surface area contributed by atoms with E-state index in [4.69, 9.17) is 14.2 Å². The maximum Gasteiger partial charge on any atom is 0.191 e. The van der Waals surface area contributed by atoms with Gasteiger partial charge in [-0.15, -0.1) is 24.0 Å². The molecule has 3 fully saturated rings. The van der Waals surface area contributed by atoms with Crippen LogP contribution < -0.4 is 20.1 Å². The highest BCUT2D eigenvalue weighted by molar-refractivity contribution is 14.0. The van der Waals surface area contributed by atoms with Crippen LogP contribution in [0, 0.1) is 11.3 Å². The largest absolute Gasteiger partial charge is 0.494 e. The Morgan fingerprint density at radius 1 is 1.33 bits per heavy atom. The van der Waals surface area contributed by atoms with E-state index in [0.717, 1.165) is 42.5 Å². The molecule has 2 aliphatic carbocycles. The quantitative estimate of drug-likeness (QED) is 0.348. The molecule has 30 heavy (non-hydrogen) atoms. The predicted octanol–water partition coefficient (Wildman–Crippen LogP) is 3.65. The van der Waals surface area contributed by atoms with E-state index in [1.165, 1.54) is 24.8 Å². The number of nitrogens with one attached hydrogen (secondary N) is 2. The Morgan fingerprint density at radius 2 is 2.17 bits per heavy atom. The van der Waals surface area contributed by atoms with Crippen LogP contribution in [0.25, 0.3) is 0 Å². The molecule has 4 atom stereocenters. The Kier molecular flexibility index (Phi) is 6.40. The molecule has 1 aromatic rings. The molecule has 5 rings (SSSR count). The van der Waals surface area contributed by atoms with Crippen molar-refractivity contribution in [3.63, 3.8) is 0 Å². The summed E-state index contributed by atoms with van der Waals surface area (Å²) in [6.45, 7) is 6.36. The summed E-state index contributed by atoms with van der Waals surface area (Å²) in [4.78, 5) is 4.50. The summed E-state index contributed by atoms with van der Waals surface area (Å²) >= 11 is 0. The van der Waals surface area contributed by atoms with E-state index in [1.807, 2.05) is 14.0 Å². The van der Waals surface area contributed by atoms with Crippen molar-refractivity contribution in [2.24, 2.45) is 16.3 Å². The summed E-state index contributed by atoms with van der Waals surface area (Å²) < 4.78 is 17.9. The van der Waals surface area contributed by atoms with E-state index in [-0.39, 0.29) is 30.1 Å². The predicted molar refractivity (Wildman–Crippen MR) is 128 cm³/mol. The number of fused-ring (bicyclic) bond motifs is 3. The average molecular weight is 527 g/mol. The smallest absolute Gasteiger partial charge is 0.191 e. The third-order valence-corrected chi connectivity index (χ3v) is 7.38. The fraction of sp³-hybridized carbons (Fsp3) is 0.696. The molecule has 2 N–H and O–H groups in total. The fourth-order valence-electron chi connectivity index (χ4n) is 5.89. The van der Waals surface area contributed by atoms with Crippen LogP contribution in [0.5, 0.6) is 11.5 Å². The van der Waals surface area contributed by atoms with Crippen molar-refractivity contribution in [1.82, 2.24) is 10.6 Å². The first-order valence-electron chi connectivity index (χ1n) is 11.2. The van der Waals surface area contributed by atoms with Crippen molar-refractivity contribution in [3.8, 4) is 11.5 Å². The van der Waals surface area contributed by atoms with Gasteiger partial charge in [-0.25, -0.2) is 0 Å². The first-order chi connectivity index (χ1) is 14.1. The van der Waals surface area contributed by atoms with E-state index in [1.54, 1.807) is 0 Å². The van der Waals surface area contributed by atoms with Crippen molar-refractivity contribution >= 4 is 29.9 Å². The van der Waals surface area contributed by atoms with Gasteiger partial charge in [-0.1, -0.05) is 6.42 Å². The van der Waals surface area contributed by atoms with Crippen LogP contribution in [-0.4, -0.2) is 44.5 Å². The fourth-order valence-corrected chi connectivity index (χ4v) is 5.89. The summed E-state index contributed by atoms with van der Waals surface area (Å²) in [5.74, 6) is 3.42. The number of hydrogen-bond acceptors (Lipinski definition) is 4. The van der Waals surface area contributed by atoms with Crippen LogP contribution >= 0.6 is 24.0 Å². The van der Waals surface area contributed by atoms with Crippen molar-refractivity contribution in [2.75, 3.05) is 20.3 Å². The zero-order chi connectivity index (χ0) is 20.0. The number of aliphatic imine (C=N–C) groups is 1. The minimum atomic E-state index is 0. The first kappa shape index (κ1) is 22.0. The van der Waals surface area contributed by atoms with E-state index in [0.29, 0.717) is 36.6 Å². The Morgan fingerprint density at radius 3 is 2.87 bits per heavy atom. The van der Waals surface area contributed by atoms with Gasteiger partial charge in [-0.05, 0) is 45.2 Å². The van der Waals surface area contributed by atoms with Crippen molar-refractivity contribution in [3.05, 3.63) is 23.3 Å². The van der Waals surface area contributed by atoms with Gasteiger partial charge in [0.25, 0.3) is 0 Å². The summed E-state index contributed by atoms with van der Waals surface area (Å²) in [6.07, 6.45) is 6.68. The van der Waals surface area contributed by atoms with Crippen molar-refractivity contribution in [1.29, 1.82) is 0 Å². The first-order valence-corrected chi connectivity index (χ1v) is 11.2. The van der Waals surface area contributed by atoms with Gasteiger partial charge in [0.05, 0.1) is 12.7 Å². The molecule has 0 aromatic heterocycles. The van der Waals surface area contributed by atoms with Gasteiger partial charge in [0.2, 0.25) is 0 Å². The molecule has 0 bridgehead atoms. The normalized spacial score (nSPS) is 30.3. The molecule has 7 heteroatoms. The summed E-state index contributed by atoms with van der Waals surface area (Å²) in [5, 5.41) is 7.25. The van der Waals surface area contributed by atoms with Gasteiger partial charge in [0.1, 0.15) is 17.6 Å². The second kappa shape index (κ2) is 8.73. The van der Waals surface area contributed by atoms with Gasteiger partial charge in [-0.2, -0.15) is 0 Å². The average Bonchev–Trinajstić information content (AvgIpc) is 3.24. The molecule has 0 radical (unpaired) electrons. The van der Waals surface area contributed by atoms with Crippen LogP contribution in [0.4, 0.5) is 0 Å². The van der Waals surface area contributed by atoms with E-state index in [9.17, 15) is 0 Å². The zero-order valence-corrected chi connectivity index (χ0v) is 20.5. The molecule has 4 unspecified atom stereocenters. The van der Waals surface area contributed by atoms with Gasteiger partial charge in [0.15, 0.2) is 5.96 Å². The number of benzene rings is 1. The Hall–Kier alpha value is -1.22. The molecular weight excluding hydrogens is 493 g/mol. The molecule has 1 spiro atoms. The molecule has 2 heterocycles. The number of guanidine groups is 1. The maximum atomic E-state index is 6.05. The van der Waals surface area contributed by atoms with Crippen LogP contribution in [-0.2, 0) is 17.7 Å². The number of nitrogens with zero attached hydrogens (tertiary/aromatic N) is 1. The highest BCUT2D eigenvalue weighted by Gasteiger charge is 2.66. The van der Waals surface area contributed by atoms with Crippen LogP contribution in [0.15, 0.2) is 17.1 Å². The molecule has 2 saturated carbocycles. The summed E-state index contributed by atoms with van der Waals surface area (Å²) in [6, 6.07) is 4.75. The standard InChI is InChI=1S/C23H33N3O3.HI/c1-4-27-18-11-15-10-14(2)29-19(15)12-16(18)13-25-22(24-3)26-20-17-6-9-28-21(17)23(20)7-5-8-23;/h11-12,14,17,20-21H,4-10,13H2,1-3H3,(H2,24,25,26);1H. The third-order valence-electron chi connectivity index (χ3n) is 7.38. The molecule has 1 saturated heterocycles. The Bertz CT molecular complexity index is 811. The number of rotatable bonds is 5. The Balaban J connectivity index is 0.00000218. The van der Waals surface area contributed by atoms with E-state index >= 15 is 0 Å². The molecule has 0 amide bonds. The molecule has 6 nitrogen and oxygen atoms in total. The van der Waals surface area contributed by atoms with E-state index in [2.05, 4.69) is 34.7 Å². The second-order valence-corrected chi connectivity index (χ2v) is 9.01. The van der Waals surface area contributed by atoms with Crippen LogP contribution in [0.2, 0.25) is 0 Å². The molecule has 4 aliphatic rings. The minimum absolute atomic E-state index is 0. The van der Waals surface area contributed by atoms with Gasteiger partial charge >= 0.3 is 0 Å². The molecule has 2 aliphatic heterocycles. The van der Waals surface area contributed by atoms with Crippen molar-refractivity contribution < 1.29 is 14.2 Å². The minimum Gasteiger partial charge on any atom is -0.494 e. The highest BCUT2D eigenvalue weighted by Crippen LogP contribution is 2.62. The molecule has 1 aromatic carbocycles. The van der Waals surface area contributed by atoms with Gasteiger partial charge in [0, 0.05) is 55.1 Å². The number of ether oxygens (including phenoxy) is 3. The SMILES string of the molecule is CCOc1cc2c(cc1CNC(=NC)NC1C3CCOC3C13CCC3)OC(C)C2.I. The van der Waals surface area contributed by atoms with Gasteiger partial charge < -0.3 is 24.8 Å². The summed E-state index contributed by atoms with van der Waals surface area (Å²) in [5.41, 5.74) is 2.69. The lowest BCUT2D eigenvalue weighted by Gasteiger charge is -2.63. The Labute approximate surface area is 196 Å². The summed E-state index contributed by atoms with van der Waals surface area (Å²) in [7, 11) is 1.85. The monoisotopic (exact) mass is 527 g/mol. The lowest BCUT2D eigenvalue weighted by Crippen LogP contribution is -2.72. The highest BCUT2D eigenvalue weighted by atomic mass is 127.